The Bertz CT molecular complexity index is 3040. The quantitative estimate of drug-likeness (QED) is 0.163. The molecule has 2 nitrogen and oxygen atoms in total. The van der Waals surface area contributed by atoms with Crippen LogP contribution in [0.2, 0.25) is 0 Å². The van der Waals surface area contributed by atoms with Crippen LogP contribution in [0.5, 0.6) is 0 Å². The van der Waals surface area contributed by atoms with E-state index in [2.05, 4.69) is 213 Å². The summed E-state index contributed by atoms with van der Waals surface area (Å²) in [6, 6.07) is 51.0. The molecule has 0 saturated heterocycles. The van der Waals surface area contributed by atoms with Crippen molar-refractivity contribution in [3.05, 3.63) is 173 Å². The standard InChI is InChI=1S/C59H61BN2/c1-37-29-53-55-54(30-37)62(50-27-24-42(56(3,4)5)32-44(50)40-21-17-14-18-22-40)52-35-46-45(58(9,10)36-59(46,11)12)34-48(52)60(55)47-33-43(57(6,7)8)25-28-51(47)61(53)49-26-23-41(31-38(49)2)39-19-15-13-16-20-39/h13-35H,36H2,1-12H3/i1D3. The van der Waals surface area contributed by atoms with Gasteiger partial charge in [-0.1, -0.05) is 160 Å². The highest BCUT2D eigenvalue weighted by atomic mass is 15.2. The minimum absolute atomic E-state index is 0.0368. The predicted molar refractivity (Wildman–Crippen MR) is 269 cm³/mol. The molecule has 3 heteroatoms. The number of nitrogens with zero attached hydrogens (tertiary/aromatic N) is 2. The number of benzene rings is 7. The Hall–Kier alpha value is -5.80. The Kier molecular flexibility index (Phi) is 8.23. The SMILES string of the molecule is [2H]C([2H])([2H])c1cc2c3c(c1)N(c1ccc(C(C)(C)C)cc1-c1ccccc1)c1cc4c(cc1B3c1cc(C(C)(C)C)ccc1N2c1ccc(-c2ccccc2)cc1C)C(C)(C)CC4(C)C. The van der Waals surface area contributed by atoms with Crippen LogP contribution in [0.15, 0.2) is 140 Å². The number of hydrogen-bond acceptors (Lipinski definition) is 2. The molecule has 0 atom stereocenters. The number of rotatable bonds is 4. The number of aryl methyl sites for hydroxylation is 2. The van der Waals surface area contributed by atoms with E-state index in [0.29, 0.717) is 5.56 Å². The number of fused-ring (bicyclic) bond motifs is 5. The van der Waals surface area contributed by atoms with Crippen molar-refractivity contribution in [1.29, 1.82) is 0 Å². The second-order valence-electron chi connectivity index (χ2n) is 21.7. The van der Waals surface area contributed by atoms with E-state index in [1.165, 1.54) is 33.2 Å². The minimum atomic E-state index is -2.37. The molecule has 0 amide bonds. The zero-order valence-electron chi connectivity index (χ0n) is 41.5. The number of hydrogen-bond donors (Lipinski definition) is 0. The fourth-order valence-corrected chi connectivity index (χ4v) is 11.2. The molecule has 0 saturated carbocycles. The first-order valence-electron chi connectivity index (χ1n) is 24.0. The van der Waals surface area contributed by atoms with Crippen molar-refractivity contribution in [3.8, 4) is 22.3 Å². The predicted octanol–water partition coefficient (Wildman–Crippen LogP) is 14.3. The van der Waals surface area contributed by atoms with Crippen LogP contribution in [-0.4, -0.2) is 6.71 Å². The van der Waals surface area contributed by atoms with Gasteiger partial charge in [0, 0.05) is 38.1 Å². The minimum Gasteiger partial charge on any atom is -0.311 e. The molecule has 62 heavy (non-hydrogen) atoms. The molecule has 2 aliphatic heterocycles. The molecule has 0 unspecified atom stereocenters. The van der Waals surface area contributed by atoms with Crippen molar-refractivity contribution in [1.82, 2.24) is 0 Å². The maximum absolute atomic E-state index is 9.09. The summed E-state index contributed by atoms with van der Waals surface area (Å²) in [4.78, 5) is 4.82. The summed E-state index contributed by atoms with van der Waals surface area (Å²) in [7, 11) is 0. The third-order valence-corrected chi connectivity index (χ3v) is 14.1. The fourth-order valence-electron chi connectivity index (χ4n) is 11.2. The van der Waals surface area contributed by atoms with Gasteiger partial charge in [-0.25, -0.2) is 0 Å². The van der Waals surface area contributed by atoms with Crippen LogP contribution >= 0.6 is 0 Å². The third-order valence-electron chi connectivity index (χ3n) is 14.1. The Morgan fingerprint density at radius 2 is 1.03 bits per heavy atom. The zero-order valence-corrected chi connectivity index (χ0v) is 38.5. The second-order valence-corrected chi connectivity index (χ2v) is 21.7. The van der Waals surface area contributed by atoms with Gasteiger partial charge in [-0.2, -0.15) is 0 Å². The van der Waals surface area contributed by atoms with E-state index >= 15 is 0 Å². The summed E-state index contributed by atoms with van der Waals surface area (Å²) in [6.07, 6.45) is 1.04. The fraction of sp³-hybridized carbons (Fsp3) is 0.288. The van der Waals surface area contributed by atoms with E-state index in [4.69, 9.17) is 4.11 Å². The van der Waals surface area contributed by atoms with Crippen molar-refractivity contribution in [2.24, 2.45) is 0 Å². The Morgan fingerprint density at radius 3 is 1.63 bits per heavy atom. The highest BCUT2D eigenvalue weighted by Gasteiger charge is 2.48. The van der Waals surface area contributed by atoms with Crippen molar-refractivity contribution < 1.29 is 4.11 Å². The lowest BCUT2D eigenvalue weighted by Gasteiger charge is -2.46. The molecule has 0 bridgehead atoms. The number of anilines is 6. The van der Waals surface area contributed by atoms with Crippen LogP contribution in [0, 0.1) is 13.8 Å². The Morgan fingerprint density at radius 1 is 0.500 bits per heavy atom. The Balaban J connectivity index is 1.36. The lowest BCUT2D eigenvalue weighted by molar-refractivity contribution is 0.403. The molecular formula is C59H61BN2. The van der Waals surface area contributed by atoms with E-state index in [1.54, 1.807) is 0 Å². The normalized spacial score (nSPS) is 16.8. The molecule has 7 aromatic rings. The molecule has 2 heterocycles. The maximum Gasteiger partial charge on any atom is 0.252 e. The monoisotopic (exact) mass is 812 g/mol. The molecular weight excluding hydrogens is 747 g/mol. The molecule has 0 N–H and O–H groups in total. The third kappa shape index (κ3) is 6.37. The van der Waals surface area contributed by atoms with E-state index in [-0.39, 0.29) is 28.4 Å². The van der Waals surface area contributed by atoms with Gasteiger partial charge in [-0.05, 0) is 157 Å². The summed E-state index contributed by atoms with van der Waals surface area (Å²) in [5.41, 5.74) is 20.7. The van der Waals surface area contributed by atoms with Gasteiger partial charge in [-0.3, -0.25) is 0 Å². The first-order chi connectivity index (χ1) is 30.5. The van der Waals surface area contributed by atoms with Gasteiger partial charge in [0.25, 0.3) is 6.71 Å². The van der Waals surface area contributed by atoms with Crippen LogP contribution in [0.3, 0.4) is 0 Å². The largest absolute Gasteiger partial charge is 0.311 e. The lowest BCUT2D eigenvalue weighted by atomic mass is 9.33. The maximum atomic E-state index is 9.09. The summed E-state index contributed by atoms with van der Waals surface area (Å²) in [5.74, 6) is 0. The van der Waals surface area contributed by atoms with Gasteiger partial charge in [0.1, 0.15) is 0 Å². The molecule has 0 spiro atoms. The molecule has 0 radical (unpaired) electrons. The van der Waals surface area contributed by atoms with Crippen LogP contribution in [-0.2, 0) is 21.7 Å². The van der Waals surface area contributed by atoms with Gasteiger partial charge in [-0.15, -0.1) is 0 Å². The van der Waals surface area contributed by atoms with E-state index in [9.17, 15) is 0 Å². The molecule has 1 aliphatic carbocycles. The van der Waals surface area contributed by atoms with E-state index in [1.807, 2.05) is 12.1 Å². The molecule has 7 aromatic carbocycles. The van der Waals surface area contributed by atoms with Gasteiger partial charge in [0.05, 0.1) is 5.69 Å². The second kappa shape index (κ2) is 13.9. The van der Waals surface area contributed by atoms with Gasteiger partial charge in [0.2, 0.25) is 0 Å². The highest BCUT2D eigenvalue weighted by Crippen LogP contribution is 2.54. The molecule has 0 fully saturated rings. The molecule has 10 rings (SSSR count). The van der Waals surface area contributed by atoms with Gasteiger partial charge in [0.15, 0.2) is 0 Å². The summed E-state index contributed by atoms with van der Waals surface area (Å²) in [6.45, 7) is 23.0. The smallest absolute Gasteiger partial charge is 0.252 e. The van der Waals surface area contributed by atoms with E-state index < -0.39 is 6.85 Å². The molecule has 310 valence electrons. The summed E-state index contributed by atoms with van der Waals surface area (Å²) >= 11 is 0. The molecule has 0 aromatic heterocycles. The zero-order chi connectivity index (χ0) is 46.2. The van der Waals surface area contributed by atoms with Crippen molar-refractivity contribution in [2.45, 2.75) is 111 Å². The molecule has 3 aliphatic rings. The Labute approximate surface area is 376 Å². The average molecular weight is 812 g/mol. The van der Waals surface area contributed by atoms with Crippen LogP contribution in [0.25, 0.3) is 22.3 Å². The van der Waals surface area contributed by atoms with Crippen molar-refractivity contribution in [3.63, 3.8) is 0 Å². The van der Waals surface area contributed by atoms with Crippen molar-refractivity contribution in [2.75, 3.05) is 9.80 Å². The van der Waals surface area contributed by atoms with Crippen LogP contribution in [0.4, 0.5) is 34.1 Å². The van der Waals surface area contributed by atoms with Crippen LogP contribution < -0.4 is 26.2 Å². The average Bonchev–Trinajstić information content (AvgIpc) is 3.43. The first kappa shape index (κ1) is 36.8. The van der Waals surface area contributed by atoms with Gasteiger partial charge < -0.3 is 9.80 Å². The van der Waals surface area contributed by atoms with Crippen molar-refractivity contribution >= 4 is 57.2 Å². The van der Waals surface area contributed by atoms with Gasteiger partial charge >= 0.3 is 0 Å². The summed E-state index contributed by atoms with van der Waals surface area (Å²) < 4.78 is 27.3. The summed E-state index contributed by atoms with van der Waals surface area (Å²) in [5, 5.41) is 0. The van der Waals surface area contributed by atoms with E-state index in [0.717, 1.165) is 73.8 Å². The first-order valence-corrected chi connectivity index (χ1v) is 22.5. The topological polar surface area (TPSA) is 6.48 Å². The highest BCUT2D eigenvalue weighted by molar-refractivity contribution is 7.00. The van der Waals surface area contributed by atoms with Crippen LogP contribution in [0.1, 0.15) is 113 Å². The lowest BCUT2D eigenvalue weighted by Crippen LogP contribution is -2.61.